The molecule has 19 heavy (non-hydrogen) atoms. The summed E-state index contributed by atoms with van der Waals surface area (Å²) in [6.07, 6.45) is 2.41. The van der Waals surface area contributed by atoms with Crippen LogP contribution in [-0.2, 0) is 0 Å². The molecule has 1 saturated heterocycles. The van der Waals surface area contributed by atoms with Gasteiger partial charge in [-0.15, -0.1) is 0 Å². The van der Waals surface area contributed by atoms with Gasteiger partial charge < -0.3 is 15.4 Å². The second-order valence-electron chi connectivity index (χ2n) is 5.29. The van der Waals surface area contributed by atoms with Crippen LogP contribution in [0.1, 0.15) is 25.3 Å². The number of ether oxygens (including phenoxy) is 1. The summed E-state index contributed by atoms with van der Waals surface area (Å²) < 4.78 is 5.72. The number of thiocarbonyl (C=S) groups is 1. The lowest BCUT2D eigenvalue weighted by Gasteiger charge is -2.15. The van der Waals surface area contributed by atoms with Gasteiger partial charge in [-0.25, -0.2) is 0 Å². The molecule has 1 aliphatic rings. The van der Waals surface area contributed by atoms with Gasteiger partial charge in [-0.05, 0) is 49.6 Å². The van der Waals surface area contributed by atoms with Crippen LogP contribution in [0.5, 0.6) is 5.75 Å². The van der Waals surface area contributed by atoms with Crippen LogP contribution in [0.15, 0.2) is 24.3 Å². The summed E-state index contributed by atoms with van der Waals surface area (Å²) in [6, 6.07) is 7.65. The predicted octanol–water partition coefficient (Wildman–Crippen LogP) is 2.43. The molecule has 104 valence electrons. The normalized spacial score (nSPS) is 19.5. The fraction of sp³-hybridized carbons (Fsp3) is 0.533. The van der Waals surface area contributed by atoms with E-state index in [9.17, 15) is 0 Å². The van der Waals surface area contributed by atoms with Crippen LogP contribution < -0.4 is 10.5 Å². The molecule has 0 aromatic heterocycles. The largest absolute Gasteiger partial charge is 0.494 e. The molecule has 0 aliphatic carbocycles. The molecule has 1 aromatic carbocycles. The number of hydrogen-bond donors (Lipinski definition) is 1. The van der Waals surface area contributed by atoms with E-state index in [1.807, 2.05) is 24.3 Å². The zero-order chi connectivity index (χ0) is 13.7. The lowest BCUT2D eigenvalue weighted by molar-refractivity contribution is 0.259. The molecule has 4 heteroatoms. The highest BCUT2D eigenvalue weighted by molar-refractivity contribution is 7.80. The van der Waals surface area contributed by atoms with Crippen LogP contribution in [0.2, 0.25) is 0 Å². The summed E-state index contributed by atoms with van der Waals surface area (Å²) >= 11 is 4.91. The Labute approximate surface area is 120 Å². The van der Waals surface area contributed by atoms with Crippen molar-refractivity contribution in [3.8, 4) is 5.75 Å². The van der Waals surface area contributed by atoms with E-state index in [1.54, 1.807) is 0 Å². The third kappa shape index (κ3) is 4.48. The van der Waals surface area contributed by atoms with Gasteiger partial charge in [0, 0.05) is 18.7 Å². The Morgan fingerprint density at radius 3 is 2.74 bits per heavy atom. The van der Waals surface area contributed by atoms with Crippen LogP contribution in [0.25, 0.3) is 0 Å². The lowest BCUT2D eigenvalue weighted by atomic mass is 10.2. The molecule has 0 spiro atoms. The second kappa shape index (κ2) is 6.87. The smallest absolute Gasteiger partial charge is 0.119 e. The van der Waals surface area contributed by atoms with Gasteiger partial charge in [0.05, 0.1) is 6.61 Å². The van der Waals surface area contributed by atoms with E-state index in [4.69, 9.17) is 22.7 Å². The Kier molecular flexibility index (Phi) is 5.16. The summed E-state index contributed by atoms with van der Waals surface area (Å²) in [6.45, 7) is 6.69. The van der Waals surface area contributed by atoms with Crippen molar-refractivity contribution >= 4 is 17.2 Å². The minimum atomic E-state index is 0.426. The molecule has 0 radical (unpaired) electrons. The van der Waals surface area contributed by atoms with E-state index in [2.05, 4.69) is 11.8 Å². The van der Waals surface area contributed by atoms with Crippen molar-refractivity contribution in [1.82, 2.24) is 4.90 Å². The molecule has 0 bridgehead atoms. The number of hydrogen-bond acceptors (Lipinski definition) is 3. The van der Waals surface area contributed by atoms with E-state index in [-0.39, 0.29) is 0 Å². The fourth-order valence-electron chi connectivity index (χ4n) is 2.42. The third-order valence-electron chi connectivity index (χ3n) is 3.53. The first kappa shape index (κ1) is 14.3. The van der Waals surface area contributed by atoms with E-state index < -0.39 is 0 Å². The first-order valence-corrected chi connectivity index (χ1v) is 7.31. The van der Waals surface area contributed by atoms with Crippen LogP contribution in [0, 0.1) is 5.92 Å². The quantitative estimate of drug-likeness (QED) is 0.641. The van der Waals surface area contributed by atoms with Gasteiger partial charge in [0.2, 0.25) is 0 Å². The van der Waals surface area contributed by atoms with Crippen molar-refractivity contribution in [2.24, 2.45) is 11.7 Å². The number of rotatable bonds is 6. The van der Waals surface area contributed by atoms with Crippen molar-refractivity contribution in [3.63, 3.8) is 0 Å². The Morgan fingerprint density at radius 1 is 1.42 bits per heavy atom. The Bertz CT molecular complexity index is 419. The average molecular weight is 278 g/mol. The standard InChI is InChI=1S/C15H22N2OS/c1-12-7-9-17(11-12)8-2-10-18-14-5-3-13(4-6-14)15(16)19/h3-6,12H,2,7-11H2,1H3,(H2,16,19). The summed E-state index contributed by atoms with van der Waals surface area (Å²) in [5, 5.41) is 0. The van der Waals surface area contributed by atoms with E-state index >= 15 is 0 Å². The number of nitrogens with two attached hydrogens (primary N) is 1. The maximum absolute atomic E-state index is 5.72. The molecule has 0 saturated carbocycles. The molecule has 1 aliphatic heterocycles. The van der Waals surface area contributed by atoms with E-state index in [1.165, 1.54) is 19.5 Å². The van der Waals surface area contributed by atoms with Crippen molar-refractivity contribution in [1.29, 1.82) is 0 Å². The van der Waals surface area contributed by atoms with Gasteiger partial charge in [-0.1, -0.05) is 19.1 Å². The molecule has 1 atom stereocenters. The highest BCUT2D eigenvalue weighted by Gasteiger charge is 2.17. The van der Waals surface area contributed by atoms with Crippen molar-refractivity contribution < 1.29 is 4.74 Å². The van der Waals surface area contributed by atoms with Crippen molar-refractivity contribution in [2.75, 3.05) is 26.2 Å². The van der Waals surface area contributed by atoms with Gasteiger partial charge in [-0.2, -0.15) is 0 Å². The average Bonchev–Trinajstić information content (AvgIpc) is 2.81. The molecule has 1 heterocycles. The summed E-state index contributed by atoms with van der Waals surface area (Å²) in [7, 11) is 0. The van der Waals surface area contributed by atoms with Gasteiger partial charge in [-0.3, -0.25) is 0 Å². The maximum Gasteiger partial charge on any atom is 0.119 e. The first-order chi connectivity index (χ1) is 9.15. The summed E-state index contributed by atoms with van der Waals surface area (Å²) in [4.78, 5) is 2.94. The minimum absolute atomic E-state index is 0.426. The molecule has 3 nitrogen and oxygen atoms in total. The van der Waals surface area contributed by atoms with Crippen LogP contribution in [0.3, 0.4) is 0 Å². The fourth-order valence-corrected chi connectivity index (χ4v) is 2.56. The summed E-state index contributed by atoms with van der Waals surface area (Å²) in [5.74, 6) is 1.74. The molecular formula is C15H22N2OS. The minimum Gasteiger partial charge on any atom is -0.494 e. The monoisotopic (exact) mass is 278 g/mol. The van der Waals surface area contributed by atoms with Gasteiger partial charge >= 0.3 is 0 Å². The van der Waals surface area contributed by atoms with E-state index in [0.29, 0.717) is 4.99 Å². The van der Waals surface area contributed by atoms with Gasteiger partial charge in [0.25, 0.3) is 0 Å². The highest BCUT2D eigenvalue weighted by Crippen LogP contribution is 2.15. The Hall–Kier alpha value is -1.13. The lowest BCUT2D eigenvalue weighted by Crippen LogP contribution is -2.22. The topological polar surface area (TPSA) is 38.5 Å². The number of benzene rings is 1. The first-order valence-electron chi connectivity index (χ1n) is 6.90. The highest BCUT2D eigenvalue weighted by atomic mass is 32.1. The number of likely N-dealkylation sites (tertiary alicyclic amines) is 1. The molecule has 1 aromatic rings. The molecular weight excluding hydrogens is 256 g/mol. The maximum atomic E-state index is 5.72. The zero-order valence-electron chi connectivity index (χ0n) is 11.5. The van der Waals surface area contributed by atoms with Gasteiger partial charge in [0.15, 0.2) is 0 Å². The Balaban J connectivity index is 1.66. The number of nitrogens with zero attached hydrogens (tertiary/aromatic N) is 1. The molecule has 1 unspecified atom stereocenters. The Morgan fingerprint density at radius 2 is 2.16 bits per heavy atom. The third-order valence-corrected chi connectivity index (χ3v) is 3.77. The molecule has 0 amide bonds. The molecule has 1 fully saturated rings. The summed E-state index contributed by atoms with van der Waals surface area (Å²) in [5.41, 5.74) is 6.43. The molecule has 2 N–H and O–H groups in total. The molecule has 2 rings (SSSR count). The predicted molar refractivity (Wildman–Crippen MR) is 82.7 cm³/mol. The van der Waals surface area contributed by atoms with Crippen LogP contribution in [0.4, 0.5) is 0 Å². The second-order valence-corrected chi connectivity index (χ2v) is 5.72. The zero-order valence-corrected chi connectivity index (χ0v) is 12.3. The SMILES string of the molecule is CC1CCN(CCCOc2ccc(C(N)=S)cc2)C1. The van der Waals surface area contributed by atoms with Crippen LogP contribution in [-0.4, -0.2) is 36.1 Å². The van der Waals surface area contributed by atoms with E-state index in [0.717, 1.165) is 36.8 Å². The van der Waals surface area contributed by atoms with Crippen LogP contribution >= 0.6 is 12.2 Å². The van der Waals surface area contributed by atoms with Gasteiger partial charge in [0.1, 0.15) is 10.7 Å². The van der Waals surface area contributed by atoms with Crippen molar-refractivity contribution in [2.45, 2.75) is 19.8 Å². The van der Waals surface area contributed by atoms with Crippen molar-refractivity contribution in [3.05, 3.63) is 29.8 Å².